The third-order valence-corrected chi connectivity index (χ3v) is 2.96. The van der Waals surface area contributed by atoms with E-state index < -0.39 is 0 Å². The number of nitrogens with zero attached hydrogens (tertiary/aromatic N) is 2. The lowest BCUT2D eigenvalue weighted by Crippen LogP contribution is -2.40. The van der Waals surface area contributed by atoms with Crippen molar-refractivity contribution in [2.45, 2.75) is 19.3 Å². The first-order valence-electron chi connectivity index (χ1n) is 6.12. The molecule has 2 rings (SSSR count). The number of carbonyl (C=O) groups is 2. The summed E-state index contributed by atoms with van der Waals surface area (Å²) in [4.78, 5) is 35.1. The van der Waals surface area contributed by atoms with E-state index in [2.05, 4.69) is 10.2 Å². The molecule has 0 atom stereocenters. The van der Waals surface area contributed by atoms with Gasteiger partial charge in [0.05, 0.1) is 25.1 Å². The second-order valence-electron chi connectivity index (χ2n) is 4.18. The highest BCUT2D eigenvalue weighted by molar-refractivity contribution is 5.96. The van der Waals surface area contributed by atoms with Gasteiger partial charge in [-0.1, -0.05) is 0 Å². The van der Waals surface area contributed by atoms with E-state index in [-0.39, 0.29) is 11.5 Å². The van der Waals surface area contributed by atoms with Gasteiger partial charge in [0.1, 0.15) is 6.29 Å². The third-order valence-electron chi connectivity index (χ3n) is 2.96. The predicted octanol–water partition coefficient (Wildman–Crippen LogP) is -0.345. The summed E-state index contributed by atoms with van der Waals surface area (Å²) >= 11 is 0. The van der Waals surface area contributed by atoms with E-state index in [9.17, 15) is 14.4 Å². The molecule has 1 amide bonds. The van der Waals surface area contributed by atoms with Gasteiger partial charge in [-0.25, -0.2) is 5.10 Å². The highest BCUT2D eigenvalue weighted by Gasteiger charge is 2.25. The van der Waals surface area contributed by atoms with Gasteiger partial charge in [0.2, 0.25) is 5.91 Å². The molecule has 0 bridgehead atoms. The standard InChI is InChI=1S/C12H15N3O4/c16-5-1-6-19-7-4-15-10-8-13-14-12(18)9(10)2-3-11(15)17/h5,8H,1-4,6-7H2,(H,14,18). The van der Waals surface area contributed by atoms with E-state index in [4.69, 9.17) is 4.74 Å². The van der Waals surface area contributed by atoms with Gasteiger partial charge >= 0.3 is 0 Å². The van der Waals surface area contributed by atoms with Crippen molar-refractivity contribution in [2.75, 3.05) is 24.7 Å². The van der Waals surface area contributed by atoms with Gasteiger partial charge in [0.15, 0.2) is 0 Å². The number of nitrogens with one attached hydrogen (secondary N) is 1. The first-order chi connectivity index (χ1) is 9.24. The Hall–Kier alpha value is -2.02. The number of hydrogen-bond donors (Lipinski definition) is 1. The summed E-state index contributed by atoms with van der Waals surface area (Å²) in [6.45, 7) is 1.02. The Kier molecular flexibility index (Phi) is 4.40. The maximum atomic E-state index is 11.9. The van der Waals surface area contributed by atoms with E-state index in [0.29, 0.717) is 50.3 Å². The van der Waals surface area contributed by atoms with Crippen LogP contribution in [0.5, 0.6) is 0 Å². The molecule has 0 saturated carbocycles. The molecule has 0 aromatic carbocycles. The van der Waals surface area contributed by atoms with Crippen molar-refractivity contribution in [3.63, 3.8) is 0 Å². The smallest absolute Gasteiger partial charge is 0.269 e. The van der Waals surface area contributed by atoms with Gasteiger partial charge in [-0.15, -0.1) is 0 Å². The van der Waals surface area contributed by atoms with Gasteiger partial charge in [-0.3, -0.25) is 9.59 Å². The fraction of sp³-hybridized carbons (Fsp3) is 0.500. The van der Waals surface area contributed by atoms with Crippen LogP contribution in [0.15, 0.2) is 11.0 Å². The number of carbonyl (C=O) groups excluding carboxylic acids is 2. The predicted molar refractivity (Wildman–Crippen MR) is 67.0 cm³/mol. The maximum Gasteiger partial charge on any atom is 0.269 e. The Morgan fingerprint density at radius 1 is 1.37 bits per heavy atom. The quantitative estimate of drug-likeness (QED) is 0.561. The molecule has 7 heteroatoms. The lowest BCUT2D eigenvalue weighted by Gasteiger charge is -2.28. The molecule has 102 valence electrons. The fourth-order valence-electron chi connectivity index (χ4n) is 2.02. The summed E-state index contributed by atoms with van der Waals surface area (Å²) in [5, 5.41) is 6.09. The lowest BCUT2D eigenvalue weighted by molar-refractivity contribution is -0.119. The van der Waals surface area contributed by atoms with Gasteiger partial charge in [0, 0.05) is 24.9 Å². The normalized spacial score (nSPS) is 14.3. The summed E-state index contributed by atoms with van der Waals surface area (Å²) in [7, 11) is 0. The second kappa shape index (κ2) is 6.24. The SMILES string of the molecule is O=CCCOCCN1C(=O)CCc2c1cn[nH]c2=O. The number of rotatable bonds is 6. The highest BCUT2D eigenvalue weighted by atomic mass is 16.5. The van der Waals surface area contributed by atoms with Gasteiger partial charge in [-0.2, -0.15) is 5.10 Å². The summed E-state index contributed by atoms with van der Waals surface area (Å²) in [5.74, 6) is -0.0427. The minimum atomic E-state index is -0.253. The molecule has 19 heavy (non-hydrogen) atoms. The number of amides is 1. The molecule has 0 radical (unpaired) electrons. The van der Waals surface area contributed by atoms with E-state index in [1.54, 1.807) is 0 Å². The van der Waals surface area contributed by atoms with E-state index in [1.165, 1.54) is 11.1 Å². The average molecular weight is 265 g/mol. The molecule has 1 aromatic heterocycles. The second-order valence-corrected chi connectivity index (χ2v) is 4.18. The van der Waals surface area contributed by atoms with Crippen LogP contribution in [-0.2, 0) is 20.7 Å². The number of aldehydes is 1. The number of H-pyrrole nitrogens is 1. The number of ether oxygens (including phenoxy) is 1. The topological polar surface area (TPSA) is 92.4 Å². The monoisotopic (exact) mass is 265 g/mol. The summed E-state index contributed by atoms with van der Waals surface area (Å²) in [6.07, 6.45) is 3.36. The number of anilines is 1. The molecule has 0 spiro atoms. The molecule has 1 N–H and O–H groups in total. The number of hydrogen-bond acceptors (Lipinski definition) is 5. The van der Waals surface area contributed by atoms with E-state index >= 15 is 0 Å². The van der Waals surface area contributed by atoms with Crippen molar-refractivity contribution in [2.24, 2.45) is 0 Å². The Morgan fingerprint density at radius 2 is 2.21 bits per heavy atom. The largest absolute Gasteiger partial charge is 0.379 e. The Bertz CT molecular complexity index is 526. The summed E-state index contributed by atoms with van der Waals surface area (Å²) in [6, 6.07) is 0. The zero-order valence-electron chi connectivity index (χ0n) is 10.4. The fourth-order valence-corrected chi connectivity index (χ4v) is 2.02. The van der Waals surface area contributed by atoms with Crippen LogP contribution in [-0.4, -0.2) is 42.1 Å². The average Bonchev–Trinajstić information content (AvgIpc) is 2.41. The van der Waals surface area contributed by atoms with Crippen LogP contribution in [0.3, 0.4) is 0 Å². The zero-order valence-corrected chi connectivity index (χ0v) is 10.4. The Balaban J connectivity index is 2.04. The molecule has 7 nitrogen and oxygen atoms in total. The molecule has 0 saturated heterocycles. The van der Waals surface area contributed by atoms with E-state index in [1.807, 2.05) is 0 Å². The molecule has 2 heterocycles. The summed E-state index contributed by atoms with van der Waals surface area (Å²) in [5.41, 5.74) is 0.887. The highest BCUT2D eigenvalue weighted by Crippen LogP contribution is 2.23. The van der Waals surface area contributed by atoms with Crippen LogP contribution >= 0.6 is 0 Å². The van der Waals surface area contributed by atoms with Crippen LogP contribution in [0.25, 0.3) is 0 Å². The maximum absolute atomic E-state index is 11.9. The third kappa shape index (κ3) is 3.05. The van der Waals surface area contributed by atoms with Crippen molar-refractivity contribution in [3.05, 3.63) is 22.1 Å². The Labute approximate surface area is 109 Å². The van der Waals surface area contributed by atoms with Crippen molar-refractivity contribution in [1.29, 1.82) is 0 Å². The van der Waals surface area contributed by atoms with Gasteiger partial charge in [-0.05, 0) is 6.42 Å². The van der Waals surface area contributed by atoms with Gasteiger partial charge in [0.25, 0.3) is 5.56 Å². The molecule has 0 fully saturated rings. The van der Waals surface area contributed by atoms with Crippen molar-refractivity contribution >= 4 is 17.9 Å². The van der Waals surface area contributed by atoms with E-state index in [0.717, 1.165) is 6.29 Å². The molecular formula is C12H15N3O4. The molecular weight excluding hydrogens is 250 g/mol. The molecule has 1 aromatic rings. The summed E-state index contributed by atoms with van der Waals surface area (Å²) < 4.78 is 5.24. The van der Waals surface area contributed by atoms with Crippen LogP contribution in [0.1, 0.15) is 18.4 Å². The Morgan fingerprint density at radius 3 is 3.00 bits per heavy atom. The molecule has 0 unspecified atom stereocenters. The molecule has 1 aliphatic heterocycles. The van der Waals surface area contributed by atoms with Gasteiger partial charge < -0.3 is 14.4 Å². The van der Waals surface area contributed by atoms with Crippen molar-refractivity contribution in [1.82, 2.24) is 10.2 Å². The minimum absolute atomic E-state index is 0.0427. The van der Waals surface area contributed by atoms with Crippen LogP contribution < -0.4 is 10.5 Å². The number of aromatic amines is 1. The first-order valence-corrected chi connectivity index (χ1v) is 6.12. The van der Waals surface area contributed by atoms with Crippen LogP contribution in [0, 0.1) is 0 Å². The number of aromatic nitrogens is 2. The molecule has 0 aliphatic carbocycles. The number of fused-ring (bicyclic) bond motifs is 1. The van der Waals surface area contributed by atoms with Crippen LogP contribution in [0.4, 0.5) is 5.69 Å². The first kappa shape index (κ1) is 13.4. The van der Waals surface area contributed by atoms with Crippen molar-refractivity contribution in [3.8, 4) is 0 Å². The minimum Gasteiger partial charge on any atom is -0.379 e. The zero-order chi connectivity index (χ0) is 13.7. The molecule has 1 aliphatic rings. The van der Waals surface area contributed by atoms with Crippen molar-refractivity contribution < 1.29 is 14.3 Å². The van der Waals surface area contributed by atoms with Crippen LogP contribution in [0.2, 0.25) is 0 Å². The lowest BCUT2D eigenvalue weighted by atomic mass is 10.0.